The first kappa shape index (κ1) is 40.3. The number of rotatable bonds is 14. The Hall–Kier alpha value is -3.84. The summed E-state index contributed by atoms with van der Waals surface area (Å²) in [6, 6.07) is 15.7. The first-order valence-corrected chi connectivity index (χ1v) is 20.7. The predicted molar refractivity (Wildman–Crippen MR) is 208 cm³/mol. The van der Waals surface area contributed by atoms with Crippen LogP contribution in [0.15, 0.2) is 67.3 Å². The third kappa shape index (κ3) is 8.94. The quantitative estimate of drug-likeness (QED) is 0.169. The fraction of sp³-hybridized carbons (Fsp3) is 0.550. The molecule has 2 aliphatic carbocycles. The number of hydrogen-bond donors (Lipinski definition) is 4. The van der Waals surface area contributed by atoms with Crippen LogP contribution in [0.25, 0.3) is 11.1 Å². The Labute approximate surface area is 318 Å². The average Bonchev–Trinajstić information content (AvgIpc) is 3.99. The van der Waals surface area contributed by atoms with Crippen LogP contribution in [0.1, 0.15) is 86.1 Å². The van der Waals surface area contributed by atoms with Crippen molar-refractivity contribution in [1.29, 1.82) is 0 Å². The maximum atomic E-state index is 14.9. The zero-order chi connectivity index (χ0) is 39.1. The minimum absolute atomic E-state index is 0.0752. The maximum absolute atomic E-state index is 14.9. The van der Waals surface area contributed by atoms with Crippen LogP contribution >= 0.6 is 11.8 Å². The van der Waals surface area contributed by atoms with Crippen molar-refractivity contribution in [3.63, 3.8) is 0 Å². The molecule has 0 bridgehead atoms. The van der Waals surface area contributed by atoms with Gasteiger partial charge in [0.05, 0.1) is 10.00 Å². The summed E-state index contributed by atoms with van der Waals surface area (Å²) in [6.07, 6.45) is 1.92. The molecule has 2 aromatic rings. The van der Waals surface area contributed by atoms with Gasteiger partial charge in [0.2, 0.25) is 21.8 Å². The van der Waals surface area contributed by atoms with E-state index in [0.717, 1.165) is 16.7 Å². The average molecular weight is 767 g/mol. The fourth-order valence-corrected chi connectivity index (χ4v) is 11.1. The molecule has 0 radical (unpaired) electrons. The molecule has 4 N–H and O–H groups in total. The van der Waals surface area contributed by atoms with Crippen molar-refractivity contribution < 1.29 is 32.7 Å². The zero-order valence-electron chi connectivity index (χ0n) is 31.8. The third-order valence-electron chi connectivity index (χ3n) is 10.4. The van der Waals surface area contributed by atoms with Gasteiger partial charge in [-0.2, -0.15) is 0 Å². The van der Waals surface area contributed by atoms with E-state index < -0.39 is 72.8 Å². The number of nitrogens with one attached hydrogen (secondary N) is 3. The van der Waals surface area contributed by atoms with Gasteiger partial charge >= 0.3 is 6.09 Å². The summed E-state index contributed by atoms with van der Waals surface area (Å²) < 4.78 is 27.0. The van der Waals surface area contributed by atoms with Gasteiger partial charge in [0.15, 0.2) is 0 Å². The normalized spacial score (nSPS) is 25.0. The Morgan fingerprint density at radius 3 is 2.09 bits per heavy atom. The lowest BCUT2D eigenvalue weighted by molar-refractivity contribution is -0.143. The highest BCUT2D eigenvalue weighted by Crippen LogP contribution is 2.51. The van der Waals surface area contributed by atoms with Crippen molar-refractivity contribution in [1.82, 2.24) is 20.3 Å². The second-order valence-electron chi connectivity index (χ2n) is 17.1. The SMILES string of the molecule is C=C[C@@H]1C[C@]1(NC(=O)[C@@H]1C[C@@](SC(C)C)(c2ccc(-c3ccccc3)cc2)CN1C(=O)[C@@H](NC(=O)O)C(C)(C)CC(C)(C)C)C(=O)NS(=O)(=O)C1CC1. The number of thioether (sulfide) groups is 1. The topological polar surface area (TPSA) is 162 Å². The number of carbonyl (C=O) groups is 4. The lowest BCUT2D eigenvalue weighted by Gasteiger charge is -2.40. The van der Waals surface area contributed by atoms with Crippen molar-refractivity contribution in [2.75, 3.05) is 6.54 Å². The summed E-state index contributed by atoms with van der Waals surface area (Å²) in [5, 5.41) is 14.8. The molecule has 0 unspecified atom stereocenters. The van der Waals surface area contributed by atoms with Crippen molar-refractivity contribution in [2.24, 2.45) is 16.7 Å². The second-order valence-corrected chi connectivity index (χ2v) is 21.0. The predicted octanol–water partition coefficient (Wildman–Crippen LogP) is 6.06. The molecular weight excluding hydrogens is 713 g/mol. The summed E-state index contributed by atoms with van der Waals surface area (Å²) in [5.41, 5.74) is 0.292. The molecule has 53 heavy (non-hydrogen) atoms. The monoisotopic (exact) mass is 766 g/mol. The van der Waals surface area contributed by atoms with E-state index in [1.54, 1.807) is 11.8 Å². The molecule has 13 heteroatoms. The van der Waals surface area contributed by atoms with E-state index >= 15 is 0 Å². The number of sulfonamides is 1. The third-order valence-corrected chi connectivity index (χ3v) is 13.7. The Bertz CT molecular complexity index is 1840. The number of nitrogens with zero attached hydrogens (tertiary/aromatic N) is 1. The second kappa shape index (κ2) is 14.8. The molecule has 11 nitrogen and oxygen atoms in total. The van der Waals surface area contributed by atoms with E-state index in [9.17, 15) is 32.7 Å². The summed E-state index contributed by atoms with van der Waals surface area (Å²) in [4.78, 5) is 56.9. The lowest BCUT2D eigenvalue weighted by Crippen LogP contribution is -2.60. The van der Waals surface area contributed by atoms with Crippen molar-refractivity contribution in [3.05, 3.63) is 72.8 Å². The van der Waals surface area contributed by atoms with Crippen molar-refractivity contribution >= 4 is 45.6 Å². The minimum Gasteiger partial charge on any atom is -0.465 e. The highest BCUT2D eigenvalue weighted by molar-refractivity contribution is 8.00. The molecule has 1 saturated heterocycles. The molecular formula is C40H54N4O7S2. The molecule has 288 valence electrons. The highest BCUT2D eigenvalue weighted by atomic mass is 32.2. The van der Waals surface area contributed by atoms with Gasteiger partial charge in [0.1, 0.15) is 17.6 Å². The fourth-order valence-electron chi connectivity index (χ4n) is 8.12. The van der Waals surface area contributed by atoms with Gasteiger partial charge in [0, 0.05) is 12.5 Å². The van der Waals surface area contributed by atoms with Crippen LogP contribution in [0.5, 0.6) is 0 Å². The minimum atomic E-state index is -3.90. The molecule has 3 fully saturated rings. The van der Waals surface area contributed by atoms with E-state index in [4.69, 9.17) is 0 Å². The van der Waals surface area contributed by atoms with Crippen LogP contribution in [-0.2, 0) is 29.2 Å². The Kier molecular flexibility index (Phi) is 11.2. The van der Waals surface area contributed by atoms with Crippen LogP contribution in [0.2, 0.25) is 0 Å². The molecule has 0 spiro atoms. The Morgan fingerprint density at radius 1 is 0.981 bits per heavy atom. The Morgan fingerprint density at radius 2 is 1.58 bits per heavy atom. The van der Waals surface area contributed by atoms with Gasteiger partial charge in [-0.1, -0.05) is 109 Å². The van der Waals surface area contributed by atoms with Gasteiger partial charge in [-0.15, -0.1) is 18.3 Å². The number of carboxylic acid groups (broad SMARTS) is 1. The molecule has 0 aromatic heterocycles. The van der Waals surface area contributed by atoms with Gasteiger partial charge < -0.3 is 20.6 Å². The number of benzene rings is 2. The number of hydrogen-bond acceptors (Lipinski definition) is 7. The zero-order valence-corrected chi connectivity index (χ0v) is 33.4. The van der Waals surface area contributed by atoms with Crippen LogP contribution < -0.4 is 15.4 Å². The molecule has 2 saturated carbocycles. The lowest BCUT2D eigenvalue weighted by atomic mass is 9.71. The van der Waals surface area contributed by atoms with Crippen LogP contribution in [-0.4, -0.2) is 76.9 Å². The van der Waals surface area contributed by atoms with Crippen LogP contribution in [0, 0.1) is 16.7 Å². The summed E-state index contributed by atoms with van der Waals surface area (Å²) >= 11 is 1.63. The molecule has 1 heterocycles. The molecule has 4 amide bonds. The largest absolute Gasteiger partial charge is 0.465 e. The van der Waals surface area contributed by atoms with E-state index in [1.807, 2.05) is 103 Å². The van der Waals surface area contributed by atoms with Gasteiger partial charge in [-0.3, -0.25) is 19.1 Å². The molecule has 2 aromatic carbocycles. The summed E-state index contributed by atoms with van der Waals surface area (Å²) in [7, 11) is -3.90. The molecule has 1 aliphatic heterocycles. The van der Waals surface area contributed by atoms with Crippen LogP contribution in [0.4, 0.5) is 4.79 Å². The number of amides is 4. The van der Waals surface area contributed by atoms with Crippen molar-refractivity contribution in [3.8, 4) is 11.1 Å². The Balaban J connectivity index is 1.56. The van der Waals surface area contributed by atoms with E-state index in [1.165, 1.54) is 11.0 Å². The highest BCUT2D eigenvalue weighted by Gasteiger charge is 2.63. The van der Waals surface area contributed by atoms with Gasteiger partial charge in [0.25, 0.3) is 5.91 Å². The molecule has 5 rings (SSSR count). The number of likely N-dealkylation sites (tertiary alicyclic amines) is 1. The summed E-state index contributed by atoms with van der Waals surface area (Å²) in [5.74, 6) is -2.50. The van der Waals surface area contributed by atoms with Gasteiger partial charge in [-0.05, 0) is 64.9 Å². The maximum Gasteiger partial charge on any atom is 0.405 e. The first-order chi connectivity index (χ1) is 24.6. The smallest absolute Gasteiger partial charge is 0.405 e. The van der Waals surface area contributed by atoms with Gasteiger partial charge in [-0.25, -0.2) is 13.2 Å². The van der Waals surface area contributed by atoms with Crippen LogP contribution in [0.3, 0.4) is 0 Å². The molecule has 3 aliphatic rings. The molecule has 5 atom stereocenters. The van der Waals surface area contributed by atoms with E-state index in [0.29, 0.717) is 19.3 Å². The van der Waals surface area contributed by atoms with E-state index in [-0.39, 0.29) is 30.1 Å². The van der Waals surface area contributed by atoms with E-state index in [2.05, 4.69) is 21.9 Å². The first-order valence-electron chi connectivity index (χ1n) is 18.3. The van der Waals surface area contributed by atoms with Crippen molar-refractivity contribution in [2.45, 2.75) is 113 Å². The standard InChI is InChI=1S/C40H54N4O7S2/c1-9-28-21-40(28,35(47)43-53(50,51)30-19-20-30)42-33(45)31-22-39(52-25(2)3,29-17-15-27(16-18-29)26-13-11-10-12-14-26)24-44(31)34(46)32(41-36(48)49)38(7,8)23-37(4,5)6/h9-18,25,28,30-32,41H,1,19-24H2,2-8H3,(H,42,45)(H,43,47)(H,48,49)/t28-,31+,32-,39+,40-/m1/s1. The summed E-state index contributed by atoms with van der Waals surface area (Å²) in [6.45, 7) is 17.8. The number of carbonyl (C=O) groups excluding carboxylic acids is 3.